The van der Waals surface area contributed by atoms with E-state index in [0.29, 0.717) is 12.6 Å². The monoisotopic (exact) mass is 286 g/mol. The molecular formula is C18H26N2O. The first-order chi connectivity index (χ1) is 10.2. The number of aryl methyl sites for hydroxylation is 1. The molecule has 3 heteroatoms. The SMILES string of the molecule is CCCn1ccc(CNC(C)c2ccc(OCC)cc2)c1. The molecule has 0 aliphatic heterocycles. The average molecular weight is 286 g/mol. The van der Waals surface area contributed by atoms with E-state index in [0.717, 1.165) is 18.8 Å². The van der Waals surface area contributed by atoms with Gasteiger partial charge in [0.05, 0.1) is 6.61 Å². The van der Waals surface area contributed by atoms with Crippen LogP contribution in [0.4, 0.5) is 0 Å². The molecule has 1 unspecified atom stereocenters. The van der Waals surface area contributed by atoms with Crippen molar-refractivity contribution in [1.29, 1.82) is 0 Å². The van der Waals surface area contributed by atoms with Crippen molar-refractivity contribution in [2.45, 2.75) is 46.3 Å². The van der Waals surface area contributed by atoms with E-state index < -0.39 is 0 Å². The van der Waals surface area contributed by atoms with E-state index in [4.69, 9.17) is 4.74 Å². The van der Waals surface area contributed by atoms with Crippen LogP contribution in [0.1, 0.15) is 44.4 Å². The summed E-state index contributed by atoms with van der Waals surface area (Å²) >= 11 is 0. The summed E-state index contributed by atoms with van der Waals surface area (Å²) < 4.78 is 7.72. The molecule has 1 atom stereocenters. The van der Waals surface area contributed by atoms with Crippen molar-refractivity contribution in [1.82, 2.24) is 9.88 Å². The van der Waals surface area contributed by atoms with Gasteiger partial charge in [0.1, 0.15) is 5.75 Å². The Labute approximate surface area is 127 Å². The predicted molar refractivity (Wildman–Crippen MR) is 87.6 cm³/mol. The Hall–Kier alpha value is -1.74. The van der Waals surface area contributed by atoms with Gasteiger partial charge in [0, 0.05) is 31.5 Å². The van der Waals surface area contributed by atoms with E-state index in [-0.39, 0.29) is 0 Å². The second-order valence-corrected chi connectivity index (χ2v) is 5.36. The highest BCUT2D eigenvalue weighted by Crippen LogP contribution is 2.18. The maximum Gasteiger partial charge on any atom is 0.119 e. The summed E-state index contributed by atoms with van der Waals surface area (Å²) in [5.74, 6) is 0.935. The largest absolute Gasteiger partial charge is 0.494 e. The average Bonchev–Trinajstić information content (AvgIpc) is 2.94. The molecule has 0 bridgehead atoms. The Bertz CT molecular complexity index is 530. The van der Waals surface area contributed by atoms with Crippen LogP contribution in [0.3, 0.4) is 0 Å². The van der Waals surface area contributed by atoms with Crippen molar-refractivity contribution in [2.24, 2.45) is 0 Å². The predicted octanol–water partition coefficient (Wildman–Crippen LogP) is 4.15. The minimum absolute atomic E-state index is 0.329. The number of benzene rings is 1. The van der Waals surface area contributed by atoms with Gasteiger partial charge in [0.15, 0.2) is 0 Å². The van der Waals surface area contributed by atoms with Gasteiger partial charge in [-0.1, -0.05) is 19.1 Å². The summed E-state index contributed by atoms with van der Waals surface area (Å²) in [5, 5.41) is 3.57. The Morgan fingerprint density at radius 2 is 1.90 bits per heavy atom. The summed E-state index contributed by atoms with van der Waals surface area (Å²) in [6.07, 6.45) is 5.55. The number of hydrogen-bond acceptors (Lipinski definition) is 2. The first-order valence-corrected chi connectivity index (χ1v) is 7.83. The second kappa shape index (κ2) is 7.89. The van der Waals surface area contributed by atoms with E-state index in [2.05, 4.69) is 54.3 Å². The third kappa shape index (κ3) is 4.64. The number of hydrogen-bond donors (Lipinski definition) is 1. The Kier molecular flexibility index (Phi) is 5.88. The van der Waals surface area contributed by atoms with Gasteiger partial charge in [-0.25, -0.2) is 0 Å². The third-order valence-corrected chi connectivity index (χ3v) is 3.60. The van der Waals surface area contributed by atoms with Crippen LogP contribution in [0.5, 0.6) is 5.75 Å². The van der Waals surface area contributed by atoms with Crippen LogP contribution in [-0.4, -0.2) is 11.2 Å². The lowest BCUT2D eigenvalue weighted by Crippen LogP contribution is -2.17. The van der Waals surface area contributed by atoms with Crippen molar-refractivity contribution in [3.8, 4) is 5.75 Å². The molecule has 0 saturated heterocycles. The van der Waals surface area contributed by atoms with Gasteiger partial charge in [0.2, 0.25) is 0 Å². The number of rotatable bonds is 8. The quantitative estimate of drug-likeness (QED) is 0.789. The van der Waals surface area contributed by atoms with E-state index in [9.17, 15) is 0 Å². The van der Waals surface area contributed by atoms with E-state index in [1.54, 1.807) is 0 Å². The fourth-order valence-corrected chi connectivity index (χ4v) is 2.40. The molecule has 0 aliphatic carbocycles. The minimum atomic E-state index is 0.329. The lowest BCUT2D eigenvalue weighted by molar-refractivity contribution is 0.340. The molecule has 114 valence electrons. The fourth-order valence-electron chi connectivity index (χ4n) is 2.40. The molecule has 2 aromatic rings. The van der Waals surface area contributed by atoms with Gasteiger partial charge >= 0.3 is 0 Å². The molecular weight excluding hydrogens is 260 g/mol. The van der Waals surface area contributed by atoms with Crippen molar-refractivity contribution in [3.63, 3.8) is 0 Å². The first kappa shape index (κ1) is 15.6. The van der Waals surface area contributed by atoms with Crippen molar-refractivity contribution < 1.29 is 4.74 Å². The molecule has 0 spiro atoms. The Morgan fingerprint density at radius 3 is 2.57 bits per heavy atom. The summed E-state index contributed by atoms with van der Waals surface area (Å²) in [6, 6.07) is 10.8. The van der Waals surface area contributed by atoms with Crippen molar-refractivity contribution in [3.05, 3.63) is 53.9 Å². The van der Waals surface area contributed by atoms with Gasteiger partial charge in [-0.05, 0) is 49.6 Å². The zero-order chi connectivity index (χ0) is 15.1. The van der Waals surface area contributed by atoms with Crippen LogP contribution in [0.25, 0.3) is 0 Å². The summed E-state index contributed by atoms with van der Waals surface area (Å²) in [5.41, 5.74) is 2.62. The Morgan fingerprint density at radius 1 is 1.14 bits per heavy atom. The molecule has 0 saturated carbocycles. The van der Waals surface area contributed by atoms with Crippen LogP contribution in [0.2, 0.25) is 0 Å². The second-order valence-electron chi connectivity index (χ2n) is 5.36. The molecule has 1 N–H and O–H groups in total. The molecule has 0 aliphatic rings. The lowest BCUT2D eigenvalue weighted by Gasteiger charge is -2.14. The number of ether oxygens (including phenoxy) is 1. The van der Waals surface area contributed by atoms with Gasteiger partial charge in [0.25, 0.3) is 0 Å². The maximum atomic E-state index is 5.47. The first-order valence-electron chi connectivity index (χ1n) is 7.83. The summed E-state index contributed by atoms with van der Waals surface area (Å²) in [7, 11) is 0. The highest BCUT2D eigenvalue weighted by molar-refractivity contribution is 5.29. The lowest BCUT2D eigenvalue weighted by atomic mass is 10.1. The van der Waals surface area contributed by atoms with Crippen molar-refractivity contribution in [2.75, 3.05) is 6.61 Å². The number of nitrogens with zero attached hydrogens (tertiary/aromatic N) is 1. The van der Waals surface area contributed by atoms with Gasteiger partial charge in [-0.2, -0.15) is 0 Å². The highest BCUT2D eigenvalue weighted by atomic mass is 16.5. The number of aromatic nitrogens is 1. The maximum absolute atomic E-state index is 5.47. The zero-order valence-electron chi connectivity index (χ0n) is 13.3. The van der Waals surface area contributed by atoms with Crippen LogP contribution in [0, 0.1) is 0 Å². The molecule has 1 aromatic heterocycles. The van der Waals surface area contributed by atoms with Gasteiger partial charge in [-0.3, -0.25) is 0 Å². The summed E-state index contributed by atoms with van der Waals surface area (Å²) in [4.78, 5) is 0. The van der Waals surface area contributed by atoms with Crippen molar-refractivity contribution >= 4 is 0 Å². The normalized spacial score (nSPS) is 12.3. The Balaban J connectivity index is 1.86. The smallest absolute Gasteiger partial charge is 0.119 e. The van der Waals surface area contributed by atoms with E-state index >= 15 is 0 Å². The molecule has 0 amide bonds. The van der Waals surface area contributed by atoms with Gasteiger partial charge < -0.3 is 14.6 Å². The molecule has 1 aromatic carbocycles. The third-order valence-electron chi connectivity index (χ3n) is 3.60. The number of nitrogens with one attached hydrogen (secondary N) is 1. The zero-order valence-corrected chi connectivity index (χ0v) is 13.3. The van der Waals surface area contributed by atoms with Gasteiger partial charge in [-0.15, -0.1) is 0 Å². The standard InChI is InChI=1S/C18H26N2O/c1-4-11-20-12-10-16(14-20)13-19-15(3)17-6-8-18(9-7-17)21-5-2/h6-10,12,14-15,19H,4-5,11,13H2,1-3H3. The van der Waals surface area contributed by atoms with Crippen LogP contribution in [0.15, 0.2) is 42.7 Å². The topological polar surface area (TPSA) is 26.2 Å². The molecule has 0 fully saturated rings. The molecule has 1 heterocycles. The molecule has 3 nitrogen and oxygen atoms in total. The van der Waals surface area contributed by atoms with Crippen LogP contribution < -0.4 is 10.1 Å². The van der Waals surface area contributed by atoms with E-state index in [1.165, 1.54) is 17.5 Å². The summed E-state index contributed by atoms with van der Waals surface area (Å²) in [6.45, 7) is 9.09. The van der Waals surface area contributed by atoms with E-state index in [1.807, 2.05) is 19.1 Å². The molecule has 21 heavy (non-hydrogen) atoms. The fraction of sp³-hybridized carbons (Fsp3) is 0.444. The van der Waals surface area contributed by atoms with Crippen LogP contribution in [-0.2, 0) is 13.1 Å². The molecule has 0 radical (unpaired) electrons. The highest BCUT2D eigenvalue weighted by Gasteiger charge is 2.05. The van der Waals surface area contributed by atoms with Crippen LogP contribution >= 0.6 is 0 Å². The molecule has 2 rings (SSSR count). The minimum Gasteiger partial charge on any atom is -0.494 e.